The maximum absolute atomic E-state index is 10.7. The van der Waals surface area contributed by atoms with E-state index in [4.69, 9.17) is 0 Å². The van der Waals surface area contributed by atoms with Crippen molar-refractivity contribution in [1.82, 2.24) is 5.32 Å². The molecule has 2 heterocycles. The van der Waals surface area contributed by atoms with Crippen LogP contribution in [0.3, 0.4) is 0 Å². The Bertz CT molecular complexity index is 494. The minimum atomic E-state index is -0.337. The molecule has 1 aromatic rings. The van der Waals surface area contributed by atoms with Gasteiger partial charge in [-0.15, -0.1) is 0 Å². The Morgan fingerprint density at radius 3 is 3.00 bits per heavy atom. The standard InChI is InChI=1S/C12H14IN3O2/c13-10-5-9(16(17)18)1-2-11(10)15-4-3-8-6-14-7-12(8)15/h1-2,5,8,12,14H,3-4,6-7H2/t8-,12+/m1/s1. The normalized spacial score (nSPS) is 26.4. The second kappa shape index (κ2) is 4.65. The molecule has 2 fully saturated rings. The summed E-state index contributed by atoms with van der Waals surface area (Å²) in [4.78, 5) is 12.8. The van der Waals surface area contributed by atoms with Crippen LogP contribution in [0.1, 0.15) is 6.42 Å². The van der Waals surface area contributed by atoms with Gasteiger partial charge < -0.3 is 10.2 Å². The molecule has 2 atom stereocenters. The Hall–Kier alpha value is -0.890. The Morgan fingerprint density at radius 2 is 2.28 bits per heavy atom. The molecule has 1 N–H and O–H groups in total. The zero-order valence-electron chi connectivity index (χ0n) is 9.80. The summed E-state index contributed by atoms with van der Waals surface area (Å²) in [6, 6.07) is 5.71. The van der Waals surface area contributed by atoms with E-state index in [2.05, 4.69) is 32.8 Å². The van der Waals surface area contributed by atoms with Gasteiger partial charge in [-0.25, -0.2) is 0 Å². The van der Waals surface area contributed by atoms with E-state index < -0.39 is 0 Å². The number of rotatable bonds is 2. The van der Waals surface area contributed by atoms with Gasteiger partial charge in [-0.2, -0.15) is 0 Å². The number of hydrogen-bond donors (Lipinski definition) is 1. The fraction of sp³-hybridized carbons (Fsp3) is 0.500. The van der Waals surface area contributed by atoms with Gasteiger partial charge in [0.05, 0.1) is 10.6 Å². The second-order valence-electron chi connectivity index (χ2n) is 4.86. The van der Waals surface area contributed by atoms with E-state index in [-0.39, 0.29) is 10.6 Å². The van der Waals surface area contributed by atoms with Gasteiger partial charge >= 0.3 is 0 Å². The average Bonchev–Trinajstić information content (AvgIpc) is 2.91. The van der Waals surface area contributed by atoms with E-state index in [9.17, 15) is 10.1 Å². The second-order valence-corrected chi connectivity index (χ2v) is 6.02. The van der Waals surface area contributed by atoms with Gasteiger partial charge in [-0.05, 0) is 41.0 Å². The van der Waals surface area contributed by atoms with E-state index in [0.717, 1.165) is 34.8 Å². The minimum Gasteiger partial charge on any atom is -0.366 e. The van der Waals surface area contributed by atoms with Gasteiger partial charge in [0.15, 0.2) is 0 Å². The summed E-state index contributed by atoms with van der Waals surface area (Å²) in [5, 5.41) is 14.2. The Balaban J connectivity index is 1.90. The van der Waals surface area contributed by atoms with Crippen LogP contribution in [0.25, 0.3) is 0 Å². The highest BCUT2D eigenvalue weighted by Gasteiger charge is 2.38. The molecule has 2 saturated heterocycles. The summed E-state index contributed by atoms with van der Waals surface area (Å²) < 4.78 is 0.967. The molecule has 2 aliphatic heterocycles. The molecule has 3 rings (SSSR count). The highest BCUT2D eigenvalue weighted by atomic mass is 127. The summed E-state index contributed by atoms with van der Waals surface area (Å²) in [6.07, 6.45) is 1.21. The quantitative estimate of drug-likeness (QED) is 0.499. The molecule has 6 heteroatoms. The fourth-order valence-electron chi connectivity index (χ4n) is 2.99. The maximum Gasteiger partial charge on any atom is 0.270 e. The molecule has 0 bridgehead atoms. The summed E-state index contributed by atoms with van der Waals surface area (Å²) in [5.41, 5.74) is 1.31. The van der Waals surface area contributed by atoms with Crippen LogP contribution in [0.2, 0.25) is 0 Å². The van der Waals surface area contributed by atoms with Crippen LogP contribution in [-0.2, 0) is 0 Å². The summed E-state index contributed by atoms with van der Waals surface area (Å²) in [7, 11) is 0. The molecule has 0 unspecified atom stereocenters. The zero-order valence-corrected chi connectivity index (χ0v) is 12.0. The van der Waals surface area contributed by atoms with Crippen molar-refractivity contribution in [3.05, 3.63) is 31.9 Å². The van der Waals surface area contributed by atoms with Crippen LogP contribution >= 0.6 is 22.6 Å². The third-order valence-electron chi connectivity index (χ3n) is 3.90. The van der Waals surface area contributed by atoms with Crippen LogP contribution in [0.4, 0.5) is 11.4 Å². The highest BCUT2D eigenvalue weighted by molar-refractivity contribution is 14.1. The van der Waals surface area contributed by atoms with E-state index in [1.54, 1.807) is 12.1 Å². The molecular weight excluding hydrogens is 345 g/mol. The molecule has 18 heavy (non-hydrogen) atoms. The zero-order chi connectivity index (χ0) is 12.7. The van der Waals surface area contributed by atoms with Crippen molar-refractivity contribution < 1.29 is 4.92 Å². The first kappa shape index (κ1) is 12.2. The number of nitro groups is 1. The number of nitro benzene ring substituents is 1. The first-order valence-electron chi connectivity index (χ1n) is 6.08. The topological polar surface area (TPSA) is 58.4 Å². The lowest BCUT2D eigenvalue weighted by Gasteiger charge is -2.26. The van der Waals surface area contributed by atoms with Crippen molar-refractivity contribution in [1.29, 1.82) is 0 Å². The highest BCUT2D eigenvalue weighted by Crippen LogP contribution is 2.35. The number of benzene rings is 1. The number of nitrogens with one attached hydrogen (secondary N) is 1. The van der Waals surface area contributed by atoms with Crippen molar-refractivity contribution in [3.8, 4) is 0 Å². The maximum atomic E-state index is 10.7. The third-order valence-corrected chi connectivity index (χ3v) is 4.76. The molecule has 0 aliphatic carbocycles. The van der Waals surface area contributed by atoms with Gasteiger partial charge in [-0.3, -0.25) is 10.1 Å². The number of non-ortho nitro benzene ring substituents is 1. The molecule has 0 radical (unpaired) electrons. The van der Waals surface area contributed by atoms with Crippen LogP contribution in [0.5, 0.6) is 0 Å². The SMILES string of the molecule is O=[N+]([O-])c1ccc(N2CC[C@@H]3CNC[C@@H]32)c(I)c1. The average molecular weight is 359 g/mol. The minimum absolute atomic E-state index is 0.170. The molecule has 0 spiro atoms. The predicted molar refractivity (Wildman–Crippen MR) is 77.9 cm³/mol. The lowest BCUT2D eigenvalue weighted by molar-refractivity contribution is -0.384. The van der Waals surface area contributed by atoms with Gasteiger partial charge in [0.2, 0.25) is 0 Å². The van der Waals surface area contributed by atoms with Crippen molar-refractivity contribution in [2.45, 2.75) is 12.5 Å². The lowest BCUT2D eigenvalue weighted by atomic mass is 10.1. The lowest BCUT2D eigenvalue weighted by Crippen LogP contribution is -2.34. The molecule has 1 aromatic carbocycles. The van der Waals surface area contributed by atoms with Crippen LogP contribution < -0.4 is 10.2 Å². The summed E-state index contributed by atoms with van der Waals surface area (Å²) in [5.74, 6) is 0.732. The fourth-order valence-corrected chi connectivity index (χ4v) is 3.80. The number of hydrogen-bond acceptors (Lipinski definition) is 4. The molecule has 5 nitrogen and oxygen atoms in total. The van der Waals surface area contributed by atoms with Crippen molar-refractivity contribution in [3.63, 3.8) is 0 Å². The van der Waals surface area contributed by atoms with Crippen molar-refractivity contribution >= 4 is 34.0 Å². The van der Waals surface area contributed by atoms with Crippen molar-refractivity contribution in [2.75, 3.05) is 24.5 Å². The van der Waals surface area contributed by atoms with Gasteiger partial charge in [-0.1, -0.05) is 0 Å². The predicted octanol–water partition coefficient (Wildman–Crippen LogP) is 2.00. The van der Waals surface area contributed by atoms with Crippen LogP contribution in [0, 0.1) is 19.6 Å². The first-order valence-corrected chi connectivity index (χ1v) is 7.16. The number of fused-ring (bicyclic) bond motifs is 1. The number of halogens is 1. The van der Waals surface area contributed by atoms with E-state index in [0.29, 0.717) is 6.04 Å². The summed E-state index contributed by atoms with van der Waals surface area (Å²) >= 11 is 2.20. The molecule has 0 aromatic heterocycles. The van der Waals surface area contributed by atoms with Crippen molar-refractivity contribution in [2.24, 2.45) is 5.92 Å². The monoisotopic (exact) mass is 359 g/mol. The van der Waals surface area contributed by atoms with Gasteiger partial charge in [0.1, 0.15) is 0 Å². The Kier molecular flexibility index (Phi) is 3.14. The first-order chi connectivity index (χ1) is 8.66. The molecule has 0 amide bonds. The Labute approximate surface area is 119 Å². The molecule has 96 valence electrons. The van der Waals surface area contributed by atoms with Crippen LogP contribution in [0.15, 0.2) is 18.2 Å². The largest absolute Gasteiger partial charge is 0.366 e. The van der Waals surface area contributed by atoms with E-state index in [1.165, 1.54) is 6.42 Å². The third kappa shape index (κ3) is 1.97. The smallest absolute Gasteiger partial charge is 0.270 e. The summed E-state index contributed by atoms with van der Waals surface area (Å²) in [6.45, 7) is 3.19. The van der Waals surface area contributed by atoms with E-state index >= 15 is 0 Å². The van der Waals surface area contributed by atoms with Gasteiger partial charge in [0.25, 0.3) is 5.69 Å². The molecule has 2 aliphatic rings. The van der Waals surface area contributed by atoms with Gasteiger partial charge in [0, 0.05) is 41.4 Å². The number of nitrogens with zero attached hydrogens (tertiary/aromatic N) is 2. The molecular formula is C12H14IN3O2. The van der Waals surface area contributed by atoms with Crippen LogP contribution in [-0.4, -0.2) is 30.6 Å². The molecule has 0 saturated carbocycles. The van der Waals surface area contributed by atoms with E-state index in [1.807, 2.05) is 6.07 Å². The Morgan fingerprint density at radius 1 is 1.44 bits per heavy atom. The number of anilines is 1.